The van der Waals surface area contributed by atoms with Gasteiger partial charge in [0.15, 0.2) is 0 Å². The molecule has 0 bridgehead atoms. The molecule has 0 amide bonds. The molecule has 5 nitrogen and oxygen atoms in total. The smallest absolute Gasteiger partial charge is 0.144 e. The highest BCUT2D eigenvalue weighted by Crippen LogP contribution is 2.39. The molecule has 0 aliphatic heterocycles. The van der Waals surface area contributed by atoms with Gasteiger partial charge in [-0.15, -0.1) is 0 Å². The summed E-state index contributed by atoms with van der Waals surface area (Å²) >= 11 is 0. The van der Waals surface area contributed by atoms with E-state index in [1.165, 1.54) is 10.8 Å². The number of fused-ring (bicyclic) bond motifs is 3. The van der Waals surface area contributed by atoms with Crippen LogP contribution in [0.15, 0.2) is 91.0 Å². The topological polar surface area (TPSA) is 51.9 Å². The fourth-order valence-electron chi connectivity index (χ4n) is 6.91. The molecule has 0 saturated heterocycles. The fourth-order valence-corrected chi connectivity index (χ4v) is 6.91. The Morgan fingerprint density at radius 3 is 1.83 bits per heavy atom. The van der Waals surface area contributed by atoms with E-state index >= 15 is 0 Å². The predicted octanol–water partition coefficient (Wildman–Crippen LogP) is 8.70. The molecule has 5 aromatic carbocycles. The van der Waals surface area contributed by atoms with E-state index < -0.39 is 0 Å². The van der Waals surface area contributed by atoms with Gasteiger partial charge >= 0.3 is 0 Å². The van der Waals surface area contributed by atoms with Crippen LogP contribution in [0.1, 0.15) is 33.4 Å². The molecule has 0 radical (unpaired) electrons. The Morgan fingerprint density at radius 1 is 0.609 bits per heavy atom. The maximum atomic E-state index is 11.9. The number of hydrogen-bond acceptors (Lipinski definition) is 4. The molecular weight excluding hydrogens is 566 g/mol. The van der Waals surface area contributed by atoms with Crippen molar-refractivity contribution in [2.45, 2.75) is 40.7 Å². The quantitative estimate of drug-likeness (QED) is 0.163. The average molecular weight is 612 g/mol. The van der Waals surface area contributed by atoms with Gasteiger partial charge in [-0.05, 0) is 106 Å². The molecule has 1 aromatic heterocycles. The van der Waals surface area contributed by atoms with Crippen LogP contribution in [-0.4, -0.2) is 58.3 Å². The minimum Gasteiger partial charge on any atom is -0.507 e. The second-order valence-corrected chi connectivity index (χ2v) is 13.1. The van der Waals surface area contributed by atoms with Crippen LogP contribution in [0.25, 0.3) is 38.6 Å². The number of benzene rings is 5. The van der Waals surface area contributed by atoms with Crippen LogP contribution in [0.5, 0.6) is 11.5 Å². The lowest BCUT2D eigenvalue weighted by Crippen LogP contribution is -2.33. The molecule has 2 N–H and O–H groups in total. The third-order valence-electron chi connectivity index (χ3n) is 9.17. The lowest BCUT2D eigenvalue weighted by molar-refractivity contribution is 0.233. The first kappa shape index (κ1) is 31.4. The molecule has 0 aliphatic rings. The second kappa shape index (κ2) is 13.0. The first-order chi connectivity index (χ1) is 22.1. The SMILES string of the molecule is Cc1cc(CCN(CCN(C)C)Cc2cc(C)cc(-n3c4ccccc4c4ccccc43)c2O)c(O)c(-c2c(C)cccc2C)c1. The Labute approximate surface area is 273 Å². The van der Waals surface area contributed by atoms with Gasteiger partial charge < -0.3 is 19.7 Å². The number of likely N-dealkylation sites (N-methyl/N-ethyl adjacent to an activating group) is 1. The van der Waals surface area contributed by atoms with Gasteiger partial charge in [0, 0.05) is 48.1 Å². The van der Waals surface area contributed by atoms with Gasteiger partial charge in [-0.2, -0.15) is 0 Å². The predicted molar refractivity (Wildman–Crippen MR) is 192 cm³/mol. The molecule has 1 heterocycles. The van der Waals surface area contributed by atoms with Crippen molar-refractivity contribution in [3.05, 3.63) is 124 Å². The standard InChI is InChI=1S/C41H45N3O2/c1-27-22-31(40(45)35(24-27)39-29(3)12-11-13-30(39)4)18-19-43(21-20-42(5)6)26-32-23-28(2)25-38(41(32)46)44-36-16-9-7-14-33(36)34-15-8-10-17-37(34)44/h7-17,22-25,45-46H,18-21,26H2,1-6H3. The van der Waals surface area contributed by atoms with Gasteiger partial charge in [0.2, 0.25) is 0 Å². The van der Waals surface area contributed by atoms with Gasteiger partial charge in [-0.1, -0.05) is 66.7 Å². The molecule has 0 saturated carbocycles. The molecule has 0 fully saturated rings. The van der Waals surface area contributed by atoms with Gasteiger partial charge in [-0.25, -0.2) is 0 Å². The minimum absolute atomic E-state index is 0.308. The van der Waals surface area contributed by atoms with Gasteiger partial charge in [0.05, 0.1) is 16.7 Å². The summed E-state index contributed by atoms with van der Waals surface area (Å²) in [7, 11) is 4.18. The summed E-state index contributed by atoms with van der Waals surface area (Å²) in [6.07, 6.45) is 0.700. The van der Waals surface area contributed by atoms with Crippen LogP contribution in [0.3, 0.4) is 0 Å². The Balaban J connectivity index is 1.35. The largest absolute Gasteiger partial charge is 0.507 e. The van der Waals surface area contributed by atoms with E-state index in [9.17, 15) is 10.2 Å². The summed E-state index contributed by atoms with van der Waals surface area (Å²) in [5, 5.41) is 25.8. The van der Waals surface area contributed by atoms with E-state index in [0.717, 1.165) is 80.9 Å². The molecule has 46 heavy (non-hydrogen) atoms. The summed E-state index contributed by atoms with van der Waals surface area (Å²) in [5.41, 5.74) is 11.4. The molecule has 5 heteroatoms. The average Bonchev–Trinajstić information content (AvgIpc) is 3.36. The highest BCUT2D eigenvalue weighted by Gasteiger charge is 2.20. The lowest BCUT2D eigenvalue weighted by Gasteiger charge is -2.26. The third kappa shape index (κ3) is 6.13. The molecule has 0 unspecified atom stereocenters. The van der Waals surface area contributed by atoms with Crippen LogP contribution in [0, 0.1) is 27.7 Å². The van der Waals surface area contributed by atoms with E-state index in [1.54, 1.807) is 0 Å². The van der Waals surface area contributed by atoms with E-state index in [-0.39, 0.29) is 0 Å². The van der Waals surface area contributed by atoms with Crippen molar-refractivity contribution in [2.24, 2.45) is 0 Å². The van der Waals surface area contributed by atoms with Crippen LogP contribution in [0.4, 0.5) is 0 Å². The molecule has 0 spiro atoms. The lowest BCUT2D eigenvalue weighted by atomic mass is 9.91. The van der Waals surface area contributed by atoms with Crippen LogP contribution in [0.2, 0.25) is 0 Å². The van der Waals surface area contributed by atoms with Crippen molar-refractivity contribution < 1.29 is 10.2 Å². The van der Waals surface area contributed by atoms with Crippen molar-refractivity contribution in [3.8, 4) is 28.3 Å². The highest BCUT2D eigenvalue weighted by molar-refractivity contribution is 6.09. The number of nitrogens with zero attached hydrogens (tertiary/aromatic N) is 3. The number of aromatic nitrogens is 1. The van der Waals surface area contributed by atoms with E-state index in [0.29, 0.717) is 24.5 Å². The van der Waals surface area contributed by atoms with E-state index in [2.05, 4.69) is 147 Å². The number of aromatic hydroxyl groups is 2. The number of phenolic OH excluding ortho intramolecular Hbond substituents is 2. The minimum atomic E-state index is 0.308. The Hall–Kier alpha value is -4.58. The summed E-state index contributed by atoms with van der Waals surface area (Å²) in [4.78, 5) is 4.58. The Bertz CT molecular complexity index is 1960. The second-order valence-electron chi connectivity index (χ2n) is 13.1. The molecule has 0 atom stereocenters. The molecule has 6 aromatic rings. The summed E-state index contributed by atoms with van der Waals surface area (Å²) in [5.74, 6) is 0.672. The fraction of sp³-hybridized carbons (Fsp3) is 0.268. The molecule has 0 aliphatic carbocycles. The summed E-state index contributed by atoms with van der Waals surface area (Å²) < 4.78 is 2.19. The Kier molecular flexibility index (Phi) is 8.90. The van der Waals surface area contributed by atoms with Crippen molar-refractivity contribution in [2.75, 3.05) is 33.7 Å². The maximum absolute atomic E-state index is 11.9. The molecule has 236 valence electrons. The van der Waals surface area contributed by atoms with Crippen LogP contribution in [-0.2, 0) is 13.0 Å². The first-order valence-electron chi connectivity index (χ1n) is 16.2. The summed E-state index contributed by atoms with van der Waals surface area (Å²) in [6, 6.07) is 31.5. The summed E-state index contributed by atoms with van der Waals surface area (Å²) in [6.45, 7) is 11.5. The van der Waals surface area contributed by atoms with Crippen molar-refractivity contribution >= 4 is 21.8 Å². The van der Waals surface area contributed by atoms with Gasteiger partial charge in [0.25, 0.3) is 0 Å². The van der Waals surface area contributed by atoms with Gasteiger partial charge in [0.1, 0.15) is 11.5 Å². The van der Waals surface area contributed by atoms with Gasteiger partial charge in [-0.3, -0.25) is 4.90 Å². The number of hydrogen-bond donors (Lipinski definition) is 2. The number of aryl methyl sites for hydroxylation is 4. The monoisotopic (exact) mass is 611 g/mol. The molecular formula is C41H45N3O2. The van der Waals surface area contributed by atoms with E-state index in [4.69, 9.17) is 0 Å². The zero-order valence-electron chi connectivity index (χ0n) is 27.9. The highest BCUT2D eigenvalue weighted by atomic mass is 16.3. The van der Waals surface area contributed by atoms with Crippen molar-refractivity contribution in [1.29, 1.82) is 0 Å². The first-order valence-corrected chi connectivity index (χ1v) is 16.2. The maximum Gasteiger partial charge on any atom is 0.144 e. The number of phenols is 2. The van der Waals surface area contributed by atoms with Crippen LogP contribution >= 0.6 is 0 Å². The zero-order valence-corrected chi connectivity index (χ0v) is 27.9. The zero-order chi connectivity index (χ0) is 32.5. The third-order valence-corrected chi connectivity index (χ3v) is 9.17. The van der Waals surface area contributed by atoms with Crippen molar-refractivity contribution in [1.82, 2.24) is 14.4 Å². The Morgan fingerprint density at radius 2 is 1.20 bits per heavy atom. The van der Waals surface area contributed by atoms with Crippen LogP contribution < -0.4 is 0 Å². The number of para-hydroxylation sites is 2. The van der Waals surface area contributed by atoms with Crippen molar-refractivity contribution in [3.63, 3.8) is 0 Å². The van der Waals surface area contributed by atoms with E-state index in [1.807, 2.05) is 0 Å². The molecule has 6 rings (SSSR count). The number of rotatable bonds is 10. The normalized spacial score (nSPS) is 11.8.